The second-order valence-corrected chi connectivity index (χ2v) is 7.81. The van der Waals surface area contributed by atoms with E-state index in [2.05, 4.69) is 10.1 Å². The summed E-state index contributed by atoms with van der Waals surface area (Å²) in [6.45, 7) is 2.00. The number of ether oxygens (including phenoxy) is 2. The smallest absolute Gasteiger partial charge is 0.282 e. The number of aromatic nitrogens is 2. The van der Waals surface area contributed by atoms with E-state index in [-0.39, 0.29) is 12.2 Å². The second-order valence-electron chi connectivity index (χ2n) is 6.97. The van der Waals surface area contributed by atoms with Crippen molar-refractivity contribution >= 4 is 40.3 Å². The molecule has 4 aromatic rings. The first kappa shape index (κ1) is 21.9. The van der Waals surface area contributed by atoms with Gasteiger partial charge in [-0.05, 0) is 42.8 Å². The molecule has 4 rings (SSSR count). The van der Waals surface area contributed by atoms with Crippen LogP contribution in [-0.2, 0) is 6.61 Å². The number of rotatable bonds is 6. The van der Waals surface area contributed by atoms with Crippen LogP contribution in [0.5, 0.6) is 11.5 Å². The molecule has 0 aliphatic carbocycles. The average molecular weight is 468 g/mol. The van der Waals surface area contributed by atoms with E-state index in [1.807, 2.05) is 37.3 Å². The zero-order valence-corrected chi connectivity index (χ0v) is 18.9. The molecule has 0 atom stereocenters. The summed E-state index contributed by atoms with van der Waals surface area (Å²) in [6, 6.07) is 17.9. The van der Waals surface area contributed by atoms with Crippen LogP contribution >= 0.6 is 23.2 Å². The van der Waals surface area contributed by atoms with Crippen LogP contribution in [0.1, 0.15) is 17.0 Å². The summed E-state index contributed by atoms with van der Waals surface area (Å²) in [7, 11) is 1.50. The Balaban J connectivity index is 1.80. The number of hydrogen-bond donors (Lipinski definition) is 0. The number of hydrogen-bond acceptors (Lipinski definition) is 5. The maximum absolute atomic E-state index is 13.2. The molecule has 0 spiro atoms. The van der Waals surface area contributed by atoms with Gasteiger partial charge in [-0.2, -0.15) is 9.78 Å². The summed E-state index contributed by atoms with van der Waals surface area (Å²) in [6.07, 6.45) is 1.46. The highest BCUT2D eigenvalue weighted by Gasteiger charge is 2.13. The van der Waals surface area contributed by atoms with Crippen LogP contribution in [0.25, 0.3) is 10.9 Å². The topological polar surface area (TPSA) is 65.7 Å². The fourth-order valence-electron chi connectivity index (χ4n) is 3.25. The first-order valence-electron chi connectivity index (χ1n) is 9.74. The van der Waals surface area contributed by atoms with E-state index in [1.54, 1.807) is 30.3 Å². The summed E-state index contributed by atoms with van der Waals surface area (Å²) in [5, 5.41) is 5.60. The third kappa shape index (κ3) is 4.47. The molecule has 0 unspecified atom stereocenters. The number of fused-ring (bicyclic) bond motifs is 1. The van der Waals surface area contributed by atoms with Gasteiger partial charge in [0.15, 0.2) is 5.82 Å². The summed E-state index contributed by atoms with van der Waals surface area (Å²) in [5.74, 6) is 1.45. The van der Waals surface area contributed by atoms with Crippen molar-refractivity contribution in [2.75, 3.05) is 7.11 Å². The molecule has 6 nitrogen and oxygen atoms in total. The number of para-hydroxylation sites is 2. The van der Waals surface area contributed by atoms with Gasteiger partial charge >= 0.3 is 0 Å². The van der Waals surface area contributed by atoms with E-state index < -0.39 is 0 Å². The molecule has 1 aromatic heterocycles. The van der Waals surface area contributed by atoms with Gasteiger partial charge in [0.1, 0.15) is 18.1 Å². The van der Waals surface area contributed by atoms with Crippen molar-refractivity contribution in [2.24, 2.45) is 5.10 Å². The molecule has 3 aromatic carbocycles. The van der Waals surface area contributed by atoms with Crippen molar-refractivity contribution in [3.63, 3.8) is 0 Å². The van der Waals surface area contributed by atoms with Crippen molar-refractivity contribution in [3.05, 3.63) is 98.0 Å². The van der Waals surface area contributed by atoms with Crippen molar-refractivity contribution < 1.29 is 9.47 Å². The van der Waals surface area contributed by atoms with Crippen molar-refractivity contribution in [1.29, 1.82) is 0 Å². The lowest BCUT2D eigenvalue weighted by atomic mass is 10.2. The molecule has 0 aliphatic heterocycles. The predicted octanol–water partition coefficient (Wildman–Crippen LogP) is 5.48. The summed E-state index contributed by atoms with van der Waals surface area (Å²) >= 11 is 12.3. The molecule has 0 saturated heterocycles. The maximum Gasteiger partial charge on any atom is 0.282 e. The molecule has 8 heteroatoms. The Labute approximate surface area is 194 Å². The molecule has 0 N–H and O–H groups in total. The normalized spacial score (nSPS) is 11.2. The molecule has 32 heavy (non-hydrogen) atoms. The van der Waals surface area contributed by atoms with E-state index in [9.17, 15) is 4.79 Å². The molecule has 1 heterocycles. The molecular formula is C24H19Cl2N3O3. The fraction of sp³-hybridized carbons (Fsp3) is 0.125. The van der Waals surface area contributed by atoms with Crippen LogP contribution < -0.4 is 15.0 Å². The highest BCUT2D eigenvalue weighted by Crippen LogP contribution is 2.31. The zero-order chi connectivity index (χ0) is 22.7. The molecule has 0 bridgehead atoms. The lowest BCUT2D eigenvalue weighted by molar-refractivity contribution is 0.287. The zero-order valence-electron chi connectivity index (χ0n) is 17.4. The van der Waals surface area contributed by atoms with Crippen LogP contribution in [-0.4, -0.2) is 23.0 Å². The molecule has 0 fully saturated rings. The van der Waals surface area contributed by atoms with Gasteiger partial charge in [-0.1, -0.05) is 53.5 Å². The fourth-order valence-corrected chi connectivity index (χ4v) is 3.84. The lowest BCUT2D eigenvalue weighted by Gasteiger charge is -2.12. The number of methoxy groups -OCH3 is 1. The molecule has 0 amide bonds. The largest absolute Gasteiger partial charge is 0.495 e. The Kier molecular flexibility index (Phi) is 6.44. The minimum Gasteiger partial charge on any atom is -0.495 e. The van der Waals surface area contributed by atoms with E-state index in [4.69, 9.17) is 32.7 Å². The van der Waals surface area contributed by atoms with Gasteiger partial charge in [-0.3, -0.25) is 4.79 Å². The molecule has 162 valence electrons. The van der Waals surface area contributed by atoms with Crippen LogP contribution in [0.3, 0.4) is 0 Å². The molecule has 0 radical (unpaired) electrons. The van der Waals surface area contributed by atoms with Gasteiger partial charge in [0.05, 0.1) is 29.2 Å². The van der Waals surface area contributed by atoms with E-state index >= 15 is 0 Å². The van der Waals surface area contributed by atoms with Crippen LogP contribution in [0.2, 0.25) is 10.0 Å². The van der Waals surface area contributed by atoms with E-state index in [1.165, 1.54) is 18.0 Å². The SMILES string of the molecule is COc1c(Cl)cc(Cl)cc1/C=N/n1c(COc2ccccc2C)nc2ccccc2c1=O. The third-order valence-electron chi connectivity index (χ3n) is 4.82. The van der Waals surface area contributed by atoms with Gasteiger partial charge in [0.2, 0.25) is 0 Å². The predicted molar refractivity (Wildman–Crippen MR) is 128 cm³/mol. The number of aryl methyl sites for hydroxylation is 1. The number of nitrogens with zero attached hydrogens (tertiary/aromatic N) is 3. The average Bonchev–Trinajstić information content (AvgIpc) is 2.78. The minimum absolute atomic E-state index is 0.0513. The first-order chi connectivity index (χ1) is 15.5. The summed E-state index contributed by atoms with van der Waals surface area (Å²) in [4.78, 5) is 17.8. The number of benzene rings is 3. The molecule has 0 aliphatic rings. The van der Waals surface area contributed by atoms with Crippen molar-refractivity contribution in [1.82, 2.24) is 9.66 Å². The van der Waals surface area contributed by atoms with Crippen LogP contribution in [0, 0.1) is 6.92 Å². The second kappa shape index (κ2) is 9.42. The van der Waals surface area contributed by atoms with E-state index in [0.29, 0.717) is 43.8 Å². The summed E-state index contributed by atoms with van der Waals surface area (Å²) in [5.41, 5.74) is 1.75. The minimum atomic E-state index is -0.317. The Hall–Kier alpha value is -3.35. The van der Waals surface area contributed by atoms with E-state index in [0.717, 1.165) is 5.56 Å². The van der Waals surface area contributed by atoms with Gasteiger partial charge in [-0.15, -0.1) is 0 Å². The lowest BCUT2D eigenvalue weighted by Crippen LogP contribution is -2.23. The third-order valence-corrected chi connectivity index (χ3v) is 5.32. The summed E-state index contributed by atoms with van der Waals surface area (Å²) < 4.78 is 12.5. The highest BCUT2D eigenvalue weighted by atomic mass is 35.5. The van der Waals surface area contributed by atoms with Gasteiger partial charge in [0, 0.05) is 10.6 Å². The maximum atomic E-state index is 13.2. The van der Waals surface area contributed by atoms with Gasteiger partial charge in [0.25, 0.3) is 5.56 Å². The Morgan fingerprint density at radius 2 is 1.84 bits per heavy atom. The standard InChI is InChI=1S/C24H19Cl2N3O3/c1-15-7-3-6-10-21(15)32-14-22-28-20-9-5-4-8-18(20)24(30)29(22)27-13-16-11-17(25)12-19(26)23(16)31-2/h3-13H,14H2,1-2H3/b27-13+. The van der Waals surface area contributed by atoms with Gasteiger partial charge in [-0.25, -0.2) is 4.98 Å². The Morgan fingerprint density at radius 3 is 2.62 bits per heavy atom. The first-order valence-corrected chi connectivity index (χ1v) is 10.5. The van der Waals surface area contributed by atoms with Crippen LogP contribution in [0.4, 0.5) is 0 Å². The number of halogens is 2. The van der Waals surface area contributed by atoms with Crippen molar-refractivity contribution in [3.8, 4) is 11.5 Å². The highest BCUT2D eigenvalue weighted by molar-refractivity contribution is 6.36. The Morgan fingerprint density at radius 1 is 1.09 bits per heavy atom. The molecular weight excluding hydrogens is 449 g/mol. The Bertz CT molecular complexity index is 1380. The van der Waals surface area contributed by atoms with Crippen LogP contribution in [0.15, 0.2) is 70.6 Å². The van der Waals surface area contributed by atoms with Crippen molar-refractivity contribution in [2.45, 2.75) is 13.5 Å². The molecule has 0 saturated carbocycles. The quantitative estimate of drug-likeness (QED) is 0.352. The monoisotopic (exact) mass is 467 g/mol. The van der Waals surface area contributed by atoms with Gasteiger partial charge < -0.3 is 9.47 Å².